The second-order valence-electron chi connectivity index (χ2n) is 7.75. The third-order valence-electron chi connectivity index (χ3n) is 5.54. The summed E-state index contributed by atoms with van der Waals surface area (Å²) >= 11 is 0. The summed E-state index contributed by atoms with van der Waals surface area (Å²) in [5, 5.41) is 21.3. The average Bonchev–Trinajstić information content (AvgIpc) is 3.55. The molecule has 2 aromatic rings. The summed E-state index contributed by atoms with van der Waals surface area (Å²) in [7, 11) is -3.08. The van der Waals surface area contributed by atoms with E-state index in [0.717, 1.165) is 7.11 Å². The van der Waals surface area contributed by atoms with Crippen molar-refractivity contribution in [3.8, 4) is 5.75 Å². The SMILES string of the molecule is CCc1ccc(Nc2c(F)c(F)cc(OC)c2NS(=O)(=O)C2(C[C@@H](O)CO)CC2)c(F)c1. The van der Waals surface area contributed by atoms with E-state index in [2.05, 4.69) is 10.0 Å². The van der Waals surface area contributed by atoms with Gasteiger partial charge in [0.15, 0.2) is 11.6 Å². The molecule has 1 aliphatic rings. The van der Waals surface area contributed by atoms with Crippen LogP contribution in [0, 0.1) is 17.5 Å². The molecule has 7 nitrogen and oxygen atoms in total. The summed E-state index contributed by atoms with van der Waals surface area (Å²) in [5.41, 5.74) is -0.586. The largest absolute Gasteiger partial charge is 0.494 e. The van der Waals surface area contributed by atoms with Gasteiger partial charge >= 0.3 is 0 Å². The van der Waals surface area contributed by atoms with Crippen LogP contribution in [-0.2, 0) is 16.4 Å². The Bertz CT molecular complexity index is 1110. The fraction of sp³-hybridized carbons (Fsp3) is 0.429. The number of ether oxygens (including phenoxy) is 1. The number of aliphatic hydroxyl groups excluding tert-OH is 2. The van der Waals surface area contributed by atoms with Gasteiger partial charge in [-0.05, 0) is 43.4 Å². The molecule has 1 fully saturated rings. The van der Waals surface area contributed by atoms with Crippen molar-refractivity contribution in [2.24, 2.45) is 0 Å². The van der Waals surface area contributed by atoms with Gasteiger partial charge in [-0.25, -0.2) is 21.6 Å². The first-order chi connectivity index (χ1) is 15.1. The molecule has 2 aromatic carbocycles. The summed E-state index contributed by atoms with van der Waals surface area (Å²) in [6, 6.07) is 4.84. The molecule has 0 spiro atoms. The van der Waals surface area contributed by atoms with E-state index in [9.17, 15) is 26.7 Å². The van der Waals surface area contributed by atoms with Crippen molar-refractivity contribution >= 4 is 27.1 Å². The van der Waals surface area contributed by atoms with Crippen LogP contribution in [-0.4, -0.2) is 43.2 Å². The number of methoxy groups -OCH3 is 1. The summed E-state index contributed by atoms with van der Waals surface area (Å²) in [6.45, 7) is 1.21. The fourth-order valence-electron chi connectivity index (χ4n) is 3.46. The Balaban J connectivity index is 2.05. The lowest BCUT2D eigenvalue weighted by atomic mass is 10.1. The molecule has 0 unspecified atom stereocenters. The Morgan fingerprint density at radius 2 is 1.84 bits per heavy atom. The highest BCUT2D eigenvalue weighted by atomic mass is 32.2. The van der Waals surface area contributed by atoms with Crippen molar-refractivity contribution < 1.29 is 36.5 Å². The van der Waals surface area contributed by atoms with E-state index in [1.54, 1.807) is 6.07 Å². The molecule has 0 aliphatic heterocycles. The highest BCUT2D eigenvalue weighted by Gasteiger charge is 2.55. The molecule has 3 rings (SSSR count). The van der Waals surface area contributed by atoms with E-state index in [4.69, 9.17) is 9.84 Å². The molecular weight excluding hydrogens is 449 g/mol. The molecule has 0 saturated heterocycles. The highest BCUT2D eigenvalue weighted by Crippen LogP contribution is 2.49. The van der Waals surface area contributed by atoms with Crippen LogP contribution in [0.25, 0.3) is 0 Å². The first kappa shape index (κ1) is 24.1. The quantitative estimate of drug-likeness (QED) is 0.420. The molecule has 0 aromatic heterocycles. The fourth-order valence-corrected chi connectivity index (χ4v) is 5.20. The van der Waals surface area contributed by atoms with Gasteiger partial charge in [-0.3, -0.25) is 4.72 Å². The van der Waals surface area contributed by atoms with Crippen LogP contribution in [0.3, 0.4) is 0 Å². The monoisotopic (exact) mass is 474 g/mol. The first-order valence-corrected chi connectivity index (χ1v) is 11.5. The highest BCUT2D eigenvalue weighted by molar-refractivity contribution is 7.94. The van der Waals surface area contributed by atoms with Crippen LogP contribution in [0.5, 0.6) is 5.75 Å². The molecule has 1 atom stereocenters. The van der Waals surface area contributed by atoms with Gasteiger partial charge in [0, 0.05) is 6.07 Å². The maximum absolute atomic E-state index is 14.8. The van der Waals surface area contributed by atoms with Crippen LogP contribution < -0.4 is 14.8 Å². The minimum absolute atomic E-state index is 0.189. The normalized spacial score (nSPS) is 15.8. The Kier molecular flexibility index (Phi) is 6.91. The van der Waals surface area contributed by atoms with Gasteiger partial charge in [-0.15, -0.1) is 0 Å². The number of hydrogen-bond acceptors (Lipinski definition) is 6. The lowest BCUT2D eigenvalue weighted by Gasteiger charge is -2.23. The minimum Gasteiger partial charge on any atom is -0.494 e. The molecule has 32 heavy (non-hydrogen) atoms. The maximum atomic E-state index is 14.8. The second kappa shape index (κ2) is 9.16. The Morgan fingerprint density at radius 3 is 2.38 bits per heavy atom. The predicted octanol–water partition coefficient (Wildman–Crippen LogP) is 3.44. The van der Waals surface area contributed by atoms with Gasteiger partial charge in [0.1, 0.15) is 22.9 Å². The van der Waals surface area contributed by atoms with E-state index < -0.39 is 56.3 Å². The third-order valence-corrected chi connectivity index (χ3v) is 7.73. The Labute approximate surface area is 184 Å². The summed E-state index contributed by atoms with van der Waals surface area (Å²) in [5.74, 6) is -3.80. The van der Waals surface area contributed by atoms with Crippen molar-refractivity contribution in [3.05, 3.63) is 47.3 Å². The van der Waals surface area contributed by atoms with E-state index in [0.29, 0.717) is 18.1 Å². The van der Waals surface area contributed by atoms with Gasteiger partial charge in [-0.2, -0.15) is 0 Å². The average molecular weight is 475 g/mol. The zero-order valence-corrected chi connectivity index (χ0v) is 18.4. The van der Waals surface area contributed by atoms with Gasteiger partial charge in [0.2, 0.25) is 10.0 Å². The van der Waals surface area contributed by atoms with Crippen molar-refractivity contribution in [1.29, 1.82) is 0 Å². The zero-order chi connectivity index (χ0) is 23.7. The number of aliphatic hydroxyl groups is 2. The number of hydrogen-bond donors (Lipinski definition) is 4. The van der Waals surface area contributed by atoms with E-state index in [-0.39, 0.29) is 30.7 Å². The van der Waals surface area contributed by atoms with E-state index in [1.807, 2.05) is 6.92 Å². The lowest BCUT2D eigenvalue weighted by Crippen LogP contribution is -2.34. The van der Waals surface area contributed by atoms with Crippen LogP contribution >= 0.6 is 0 Å². The first-order valence-electron chi connectivity index (χ1n) is 10.00. The van der Waals surface area contributed by atoms with E-state index in [1.165, 1.54) is 12.1 Å². The molecule has 0 bridgehead atoms. The van der Waals surface area contributed by atoms with Crippen LogP contribution in [0.15, 0.2) is 24.3 Å². The Morgan fingerprint density at radius 1 is 1.16 bits per heavy atom. The molecule has 11 heteroatoms. The molecule has 0 amide bonds. The minimum atomic E-state index is -4.23. The van der Waals surface area contributed by atoms with Crippen LogP contribution in [0.4, 0.5) is 30.2 Å². The smallest absolute Gasteiger partial charge is 0.238 e. The van der Waals surface area contributed by atoms with Crippen molar-refractivity contribution in [2.75, 3.05) is 23.8 Å². The summed E-state index contributed by atoms with van der Waals surface area (Å²) in [6.07, 6.45) is -0.514. The summed E-state index contributed by atoms with van der Waals surface area (Å²) < 4.78 is 75.5. The van der Waals surface area contributed by atoms with Crippen molar-refractivity contribution in [2.45, 2.75) is 43.5 Å². The topological polar surface area (TPSA) is 108 Å². The predicted molar refractivity (Wildman–Crippen MR) is 114 cm³/mol. The molecular formula is C21H25F3N2O5S. The third kappa shape index (κ3) is 4.64. The number of sulfonamides is 1. The van der Waals surface area contributed by atoms with Crippen molar-refractivity contribution in [1.82, 2.24) is 0 Å². The van der Waals surface area contributed by atoms with Gasteiger partial charge in [0.05, 0.1) is 30.3 Å². The standard InChI is InChI=1S/C21H25F3N2O5S/c1-3-12-4-5-16(14(22)8-12)25-20-18(24)15(23)9-17(31-2)19(20)26-32(29,30)21(6-7-21)10-13(28)11-27/h4-5,8-9,13,25-28H,3,6-7,10-11H2,1-2H3/t13-/m1/s1. The van der Waals surface area contributed by atoms with Crippen LogP contribution in [0.2, 0.25) is 0 Å². The van der Waals surface area contributed by atoms with Gasteiger partial charge in [0.25, 0.3) is 0 Å². The van der Waals surface area contributed by atoms with Crippen LogP contribution in [0.1, 0.15) is 31.7 Å². The lowest BCUT2D eigenvalue weighted by molar-refractivity contribution is 0.0858. The molecule has 1 aliphatic carbocycles. The molecule has 4 N–H and O–H groups in total. The van der Waals surface area contributed by atoms with Gasteiger partial charge < -0.3 is 20.3 Å². The molecule has 0 heterocycles. The maximum Gasteiger partial charge on any atom is 0.238 e. The number of aryl methyl sites for hydroxylation is 1. The molecule has 1 saturated carbocycles. The summed E-state index contributed by atoms with van der Waals surface area (Å²) in [4.78, 5) is 0. The van der Waals surface area contributed by atoms with Gasteiger partial charge in [-0.1, -0.05) is 13.0 Å². The van der Waals surface area contributed by atoms with Crippen molar-refractivity contribution in [3.63, 3.8) is 0 Å². The number of halogens is 3. The van der Waals surface area contributed by atoms with E-state index >= 15 is 0 Å². The number of benzene rings is 2. The molecule has 176 valence electrons. The zero-order valence-electron chi connectivity index (χ0n) is 17.6. The number of anilines is 3. The number of nitrogens with one attached hydrogen (secondary N) is 2. The number of rotatable bonds is 10. The molecule has 0 radical (unpaired) electrons. The Hall–Kier alpha value is -2.50. The second-order valence-corrected chi connectivity index (χ2v) is 9.82.